The highest BCUT2D eigenvalue weighted by atomic mass is 35.5. The molecule has 0 atom stereocenters. The number of hydrogen-bond acceptors (Lipinski definition) is 0. The highest BCUT2D eigenvalue weighted by molar-refractivity contribution is 6.33. The van der Waals surface area contributed by atoms with Crippen LogP contribution in [0.3, 0.4) is 0 Å². The van der Waals surface area contributed by atoms with Crippen molar-refractivity contribution in [1.29, 1.82) is 0 Å². The third-order valence-electron chi connectivity index (χ3n) is 2.43. The number of hydrogen-bond donors (Lipinski definition) is 0. The van der Waals surface area contributed by atoms with Crippen LogP contribution in [0.1, 0.15) is 5.56 Å². The van der Waals surface area contributed by atoms with Gasteiger partial charge in [0.2, 0.25) is 0 Å². The van der Waals surface area contributed by atoms with Crippen LogP contribution >= 0.6 is 11.6 Å². The summed E-state index contributed by atoms with van der Waals surface area (Å²) in [5.74, 6) is -0.821. The molecule has 0 N–H and O–H groups in total. The number of halogens is 3. The van der Waals surface area contributed by atoms with Gasteiger partial charge < -0.3 is 0 Å². The Labute approximate surface area is 97.5 Å². The normalized spacial score (nSPS) is 10.5. The monoisotopic (exact) mass is 238 g/mol. The summed E-state index contributed by atoms with van der Waals surface area (Å²) in [6.07, 6.45) is 0. The Morgan fingerprint density at radius 2 is 1.75 bits per heavy atom. The first-order chi connectivity index (χ1) is 7.59. The van der Waals surface area contributed by atoms with Gasteiger partial charge in [-0.25, -0.2) is 8.78 Å². The average Bonchev–Trinajstić information content (AvgIpc) is 2.26. The molecule has 0 fully saturated rings. The van der Waals surface area contributed by atoms with Crippen LogP contribution in [-0.2, 0) is 0 Å². The third kappa shape index (κ3) is 1.93. The van der Waals surface area contributed by atoms with E-state index < -0.39 is 5.82 Å². The van der Waals surface area contributed by atoms with Crippen LogP contribution in [-0.4, -0.2) is 0 Å². The van der Waals surface area contributed by atoms with Crippen LogP contribution in [0.5, 0.6) is 0 Å². The van der Waals surface area contributed by atoms with E-state index in [0.29, 0.717) is 16.7 Å². The molecule has 0 bridgehead atoms. The second-order valence-corrected chi connectivity index (χ2v) is 3.94. The number of aryl methyl sites for hydroxylation is 1. The van der Waals surface area contributed by atoms with E-state index >= 15 is 0 Å². The molecule has 0 radical (unpaired) electrons. The minimum Gasteiger partial charge on any atom is -0.207 e. The Bertz CT molecular complexity index is 535. The maximum atomic E-state index is 13.4. The van der Waals surface area contributed by atoms with Gasteiger partial charge >= 0.3 is 0 Å². The van der Waals surface area contributed by atoms with Crippen molar-refractivity contribution in [2.75, 3.05) is 0 Å². The quantitative estimate of drug-likeness (QED) is 0.682. The molecule has 16 heavy (non-hydrogen) atoms. The molecule has 0 heterocycles. The smallest absolute Gasteiger partial charge is 0.142 e. The molecule has 0 aliphatic heterocycles. The Kier molecular flexibility index (Phi) is 2.92. The Morgan fingerprint density at radius 3 is 2.44 bits per heavy atom. The summed E-state index contributed by atoms with van der Waals surface area (Å²) in [6.45, 7) is 1.67. The van der Waals surface area contributed by atoms with E-state index in [9.17, 15) is 8.78 Å². The van der Waals surface area contributed by atoms with Crippen LogP contribution in [0.2, 0.25) is 5.02 Å². The molecule has 0 spiro atoms. The van der Waals surface area contributed by atoms with Gasteiger partial charge in [0, 0.05) is 5.56 Å². The molecule has 0 aromatic heterocycles. The molecular weight excluding hydrogens is 230 g/mol. The minimum atomic E-state index is -0.500. The maximum Gasteiger partial charge on any atom is 0.142 e. The summed E-state index contributed by atoms with van der Waals surface area (Å²) in [7, 11) is 0. The minimum absolute atomic E-state index is 0.0192. The van der Waals surface area contributed by atoms with Gasteiger partial charge in [-0.2, -0.15) is 0 Å². The van der Waals surface area contributed by atoms with E-state index in [1.807, 2.05) is 0 Å². The first-order valence-corrected chi connectivity index (χ1v) is 5.18. The lowest BCUT2D eigenvalue weighted by Gasteiger charge is -2.06. The molecule has 0 amide bonds. The molecule has 2 aromatic rings. The van der Waals surface area contributed by atoms with Crippen molar-refractivity contribution in [1.82, 2.24) is 0 Å². The van der Waals surface area contributed by atoms with Crippen LogP contribution in [0.4, 0.5) is 8.78 Å². The summed E-state index contributed by atoms with van der Waals surface area (Å²) >= 11 is 5.82. The zero-order valence-corrected chi connectivity index (χ0v) is 9.35. The Balaban J connectivity index is 2.59. The van der Waals surface area contributed by atoms with Crippen molar-refractivity contribution in [2.24, 2.45) is 0 Å². The highest BCUT2D eigenvalue weighted by Crippen LogP contribution is 2.30. The van der Waals surface area contributed by atoms with Gasteiger partial charge in [0.15, 0.2) is 0 Å². The molecule has 2 aromatic carbocycles. The fraction of sp³-hybridized carbons (Fsp3) is 0.0769. The molecule has 3 heteroatoms. The van der Waals surface area contributed by atoms with Gasteiger partial charge in [0.05, 0.1) is 5.02 Å². The van der Waals surface area contributed by atoms with Crippen LogP contribution < -0.4 is 0 Å². The van der Waals surface area contributed by atoms with Gasteiger partial charge in [-0.1, -0.05) is 35.9 Å². The van der Waals surface area contributed by atoms with Gasteiger partial charge in [-0.3, -0.25) is 0 Å². The molecule has 2 rings (SSSR count). The molecule has 0 saturated heterocycles. The summed E-state index contributed by atoms with van der Waals surface area (Å²) in [5.41, 5.74) is 1.63. The number of benzene rings is 2. The Hall–Kier alpha value is -1.41. The fourth-order valence-electron chi connectivity index (χ4n) is 1.49. The zero-order valence-electron chi connectivity index (χ0n) is 8.60. The van der Waals surface area contributed by atoms with Gasteiger partial charge in [-0.15, -0.1) is 0 Å². The van der Waals surface area contributed by atoms with E-state index in [-0.39, 0.29) is 10.8 Å². The van der Waals surface area contributed by atoms with E-state index in [1.165, 1.54) is 12.1 Å². The summed E-state index contributed by atoms with van der Waals surface area (Å²) in [6, 6.07) is 9.21. The first kappa shape index (κ1) is 11.1. The third-order valence-corrected chi connectivity index (χ3v) is 2.82. The molecule has 0 saturated carbocycles. The van der Waals surface area contributed by atoms with E-state index in [2.05, 4.69) is 0 Å². The lowest BCUT2D eigenvalue weighted by atomic mass is 10.0. The highest BCUT2D eigenvalue weighted by Gasteiger charge is 2.09. The first-order valence-electron chi connectivity index (χ1n) is 4.80. The van der Waals surface area contributed by atoms with E-state index in [0.717, 1.165) is 0 Å². The average molecular weight is 239 g/mol. The van der Waals surface area contributed by atoms with E-state index in [4.69, 9.17) is 11.6 Å². The molecular formula is C13H9ClF2. The fourth-order valence-corrected chi connectivity index (χ4v) is 1.72. The predicted octanol–water partition coefficient (Wildman–Crippen LogP) is 4.59. The SMILES string of the molecule is Cc1ccc(-c2cccc(F)c2Cl)cc1F. The largest absolute Gasteiger partial charge is 0.207 e. The number of rotatable bonds is 1. The van der Waals surface area contributed by atoms with Crippen LogP contribution in [0.15, 0.2) is 36.4 Å². The van der Waals surface area contributed by atoms with Crippen molar-refractivity contribution >= 4 is 11.6 Å². The van der Waals surface area contributed by atoms with Crippen molar-refractivity contribution in [2.45, 2.75) is 6.92 Å². The summed E-state index contributed by atoms with van der Waals surface area (Å²) < 4.78 is 26.6. The summed E-state index contributed by atoms with van der Waals surface area (Å²) in [5, 5.41) is 0.0192. The van der Waals surface area contributed by atoms with Crippen molar-refractivity contribution < 1.29 is 8.78 Å². The van der Waals surface area contributed by atoms with Gasteiger partial charge in [0.25, 0.3) is 0 Å². The molecule has 0 nitrogen and oxygen atoms in total. The van der Waals surface area contributed by atoms with Crippen molar-refractivity contribution in [3.05, 3.63) is 58.6 Å². The lowest BCUT2D eigenvalue weighted by molar-refractivity contribution is 0.618. The van der Waals surface area contributed by atoms with Crippen molar-refractivity contribution in [3.8, 4) is 11.1 Å². The van der Waals surface area contributed by atoms with Crippen LogP contribution in [0.25, 0.3) is 11.1 Å². The molecule has 0 aliphatic carbocycles. The predicted molar refractivity (Wildman–Crippen MR) is 61.5 cm³/mol. The molecule has 0 unspecified atom stereocenters. The van der Waals surface area contributed by atoms with Gasteiger partial charge in [0.1, 0.15) is 11.6 Å². The zero-order chi connectivity index (χ0) is 11.7. The van der Waals surface area contributed by atoms with Gasteiger partial charge in [-0.05, 0) is 30.2 Å². The Morgan fingerprint density at radius 1 is 1.00 bits per heavy atom. The maximum absolute atomic E-state index is 13.4. The second kappa shape index (κ2) is 4.22. The summed E-state index contributed by atoms with van der Waals surface area (Å²) in [4.78, 5) is 0. The van der Waals surface area contributed by atoms with Crippen LogP contribution in [0, 0.1) is 18.6 Å². The molecule has 82 valence electrons. The molecule has 0 aliphatic rings. The second-order valence-electron chi connectivity index (χ2n) is 3.57. The standard InChI is InChI=1S/C13H9ClF2/c1-8-5-6-9(7-12(8)16)10-3-2-4-11(15)13(10)14/h2-7H,1H3. The van der Waals surface area contributed by atoms with Crippen molar-refractivity contribution in [3.63, 3.8) is 0 Å². The van der Waals surface area contributed by atoms with E-state index in [1.54, 1.807) is 31.2 Å². The lowest BCUT2D eigenvalue weighted by Crippen LogP contribution is -1.87. The topological polar surface area (TPSA) is 0 Å².